The molecular weight excluding hydrogens is 168 g/mol. The molecule has 0 aromatic rings. The topological polar surface area (TPSA) is 64.3 Å². The van der Waals surface area contributed by atoms with Crippen LogP contribution in [0.3, 0.4) is 0 Å². The van der Waals surface area contributed by atoms with Crippen LogP contribution in [0.5, 0.6) is 0 Å². The number of ether oxygens (including phenoxy) is 1. The Balaban J connectivity index is 2.70. The molecule has 4 heteroatoms. The van der Waals surface area contributed by atoms with Gasteiger partial charge in [-0.25, -0.2) is 5.84 Å². The molecule has 1 amide bonds. The van der Waals surface area contributed by atoms with Crippen molar-refractivity contribution in [2.24, 2.45) is 17.2 Å². The fourth-order valence-corrected chi connectivity index (χ4v) is 1.82. The summed E-state index contributed by atoms with van der Waals surface area (Å²) < 4.78 is 5.54. The quantitative estimate of drug-likeness (QED) is 0.354. The van der Waals surface area contributed by atoms with E-state index < -0.39 is 0 Å². The number of hydrogen-bond acceptors (Lipinski definition) is 3. The lowest BCUT2D eigenvalue weighted by atomic mass is 9.81. The van der Waals surface area contributed by atoms with Gasteiger partial charge in [0.15, 0.2) is 0 Å². The monoisotopic (exact) mass is 186 g/mol. The Bertz CT molecular complexity index is 198. The third kappa shape index (κ3) is 2.19. The predicted octanol–water partition coefficient (Wildman–Crippen LogP) is 0.427. The Morgan fingerprint density at radius 1 is 1.54 bits per heavy atom. The van der Waals surface area contributed by atoms with Crippen molar-refractivity contribution in [2.45, 2.75) is 33.3 Å². The van der Waals surface area contributed by atoms with Gasteiger partial charge in [-0.05, 0) is 11.8 Å². The Kier molecular flexibility index (Phi) is 2.93. The van der Waals surface area contributed by atoms with Crippen LogP contribution in [-0.4, -0.2) is 18.6 Å². The van der Waals surface area contributed by atoms with Crippen LogP contribution in [0.2, 0.25) is 0 Å². The molecule has 1 heterocycles. The molecule has 0 bridgehead atoms. The van der Waals surface area contributed by atoms with E-state index in [1.54, 1.807) is 0 Å². The van der Waals surface area contributed by atoms with Crippen molar-refractivity contribution in [3.8, 4) is 0 Å². The van der Waals surface area contributed by atoms with Crippen LogP contribution < -0.4 is 11.3 Å². The van der Waals surface area contributed by atoms with Crippen LogP contribution in [0.4, 0.5) is 0 Å². The van der Waals surface area contributed by atoms with E-state index >= 15 is 0 Å². The zero-order chi connectivity index (χ0) is 10.1. The van der Waals surface area contributed by atoms with E-state index in [4.69, 9.17) is 10.6 Å². The van der Waals surface area contributed by atoms with E-state index in [9.17, 15) is 4.79 Å². The molecule has 1 aliphatic heterocycles. The average molecular weight is 186 g/mol. The van der Waals surface area contributed by atoms with Crippen molar-refractivity contribution in [3.05, 3.63) is 0 Å². The highest BCUT2D eigenvalue weighted by Gasteiger charge is 2.40. The molecule has 2 atom stereocenters. The first-order chi connectivity index (χ1) is 5.96. The highest BCUT2D eigenvalue weighted by molar-refractivity contribution is 5.79. The van der Waals surface area contributed by atoms with Gasteiger partial charge in [0.2, 0.25) is 5.91 Å². The maximum atomic E-state index is 11.4. The minimum atomic E-state index is -0.113. The number of nitrogens with two attached hydrogens (primary N) is 1. The number of carbonyl (C=O) groups is 1. The van der Waals surface area contributed by atoms with Gasteiger partial charge in [0.05, 0.1) is 12.0 Å². The van der Waals surface area contributed by atoms with Crippen molar-refractivity contribution in [3.63, 3.8) is 0 Å². The third-order valence-electron chi connectivity index (χ3n) is 2.42. The summed E-state index contributed by atoms with van der Waals surface area (Å²) in [5.74, 6) is 4.90. The number of hydrazine groups is 1. The molecule has 0 unspecified atom stereocenters. The normalized spacial score (nSPS) is 28.9. The van der Waals surface area contributed by atoms with Crippen molar-refractivity contribution >= 4 is 5.91 Å². The van der Waals surface area contributed by atoms with Crippen molar-refractivity contribution in [1.29, 1.82) is 0 Å². The zero-order valence-corrected chi connectivity index (χ0v) is 8.46. The van der Waals surface area contributed by atoms with Crippen LogP contribution in [0.1, 0.15) is 27.2 Å². The number of hydrogen-bond donors (Lipinski definition) is 2. The molecule has 76 valence electrons. The van der Waals surface area contributed by atoms with Gasteiger partial charge in [-0.15, -0.1) is 0 Å². The molecule has 0 aromatic carbocycles. The minimum absolute atomic E-state index is 0.00627. The summed E-state index contributed by atoms with van der Waals surface area (Å²) >= 11 is 0. The van der Waals surface area contributed by atoms with E-state index in [0.29, 0.717) is 6.61 Å². The summed E-state index contributed by atoms with van der Waals surface area (Å²) in [6, 6.07) is 0. The summed E-state index contributed by atoms with van der Waals surface area (Å²) in [7, 11) is 0. The zero-order valence-electron chi connectivity index (χ0n) is 8.46. The maximum Gasteiger partial charge on any atom is 0.239 e. The van der Waals surface area contributed by atoms with Crippen LogP contribution in [0.15, 0.2) is 0 Å². The number of carbonyl (C=O) groups excluding carboxylic acids is 1. The minimum Gasteiger partial charge on any atom is -0.377 e. The van der Waals surface area contributed by atoms with Gasteiger partial charge < -0.3 is 4.74 Å². The van der Waals surface area contributed by atoms with E-state index in [0.717, 1.165) is 6.42 Å². The highest BCUT2D eigenvalue weighted by atomic mass is 16.5. The lowest BCUT2D eigenvalue weighted by Gasteiger charge is -2.29. The first-order valence-corrected chi connectivity index (χ1v) is 4.59. The standard InChI is InChI=1S/C9H18N2O2/c1-9(2,3)7-6(4-5-13-7)8(12)11-10/h6-7H,4-5,10H2,1-3H3,(H,11,12)/t6-,7+/m0/s1. The van der Waals surface area contributed by atoms with E-state index in [1.807, 2.05) is 0 Å². The number of rotatable bonds is 1. The molecule has 3 N–H and O–H groups in total. The predicted molar refractivity (Wildman–Crippen MR) is 49.6 cm³/mol. The highest BCUT2D eigenvalue weighted by Crippen LogP contribution is 2.34. The maximum absolute atomic E-state index is 11.4. The SMILES string of the molecule is CC(C)(C)[C@@H]1OCC[C@@H]1C(=O)NN. The number of nitrogens with one attached hydrogen (secondary N) is 1. The smallest absolute Gasteiger partial charge is 0.239 e. The first-order valence-electron chi connectivity index (χ1n) is 4.59. The van der Waals surface area contributed by atoms with Gasteiger partial charge in [0, 0.05) is 6.61 Å². The van der Waals surface area contributed by atoms with Gasteiger partial charge in [-0.2, -0.15) is 0 Å². The fourth-order valence-electron chi connectivity index (χ4n) is 1.82. The Morgan fingerprint density at radius 2 is 2.15 bits per heavy atom. The molecular formula is C9H18N2O2. The molecule has 4 nitrogen and oxygen atoms in total. The number of amides is 1. The molecule has 0 aliphatic carbocycles. The van der Waals surface area contributed by atoms with Gasteiger partial charge in [0.1, 0.15) is 0 Å². The molecule has 1 rings (SSSR count). The average Bonchev–Trinajstić information content (AvgIpc) is 2.49. The van der Waals surface area contributed by atoms with Crippen molar-refractivity contribution in [2.75, 3.05) is 6.61 Å². The van der Waals surface area contributed by atoms with Gasteiger partial charge >= 0.3 is 0 Å². The van der Waals surface area contributed by atoms with Crippen molar-refractivity contribution < 1.29 is 9.53 Å². The molecule has 13 heavy (non-hydrogen) atoms. The van der Waals surface area contributed by atoms with E-state index in [1.165, 1.54) is 0 Å². The van der Waals surface area contributed by atoms with Crippen molar-refractivity contribution in [1.82, 2.24) is 5.43 Å². The third-order valence-corrected chi connectivity index (χ3v) is 2.42. The first kappa shape index (κ1) is 10.5. The fraction of sp³-hybridized carbons (Fsp3) is 0.889. The molecule has 1 saturated heterocycles. The van der Waals surface area contributed by atoms with E-state index in [2.05, 4.69) is 26.2 Å². The van der Waals surface area contributed by atoms with Crippen LogP contribution in [0, 0.1) is 11.3 Å². The Labute approximate surface area is 78.8 Å². The van der Waals surface area contributed by atoms with Gasteiger partial charge in [0.25, 0.3) is 0 Å². The lowest BCUT2D eigenvalue weighted by molar-refractivity contribution is -0.129. The van der Waals surface area contributed by atoms with Crippen LogP contribution in [-0.2, 0) is 9.53 Å². The van der Waals surface area contributed by atoms with Crippen LogP contribution >= 0.6 is 0 Å². The Morgan fingerprint density at radius 3 is 2.62 bits per heavy atom. The summed E-state index contributed by atoms with van der Waals surface area (Å²) in [5.41, 5.74) is 2.18. The summed E-state index contributed by atoms with van der Waals surface area (Å²) in [5, 5.41) is 0. The Hall–Kier alpha value is -0.610. The summed E-state index contributed by atoms with van der Waals surface area (Å²) in [6.45, 7) is 6.86. The lowest BCUT2D eigenvalue weighted by Crippen LogP contribution is -2.43. The van der Waals surface area contributed by atoms with Crippen LogP contribution in [0.25, 0.3) is 0 Å². The molecule has 0 saturated carbocycles. The summed E-state index contributed by atoms with van der Waals surface area (Å²) in [6.07, 6.45) is 0.751. The van der Waals surface area contributed by atoms with Gasteiger partial charge in [-0.3, -0.25) is 10.2 Å². The second-order valence-corrected chi connectivity index (χ2v) is 4.56. The largest absolute Gasteiger partial charge is 0.377 e. The second kappa shape index (κ2) is 3.64. The molecule has 1 aliphatic rings. The summed E-state index contributed by atoms with van der Waals surface area (Å²) in [4.78, 5) is 11.4. The van der Waals surface area contributed by atoms with E-state index in [-0.39, 0.29) is 23.3 Å². The molecule has 0 radical (unpaired) electrons. The molecule has 0 spiro atoms. The molecule has 1 fully saturated rings. The van der Waals surface area contributed by atoms with Gasteiger partial charge in [-0.1, -0.05) is 20.8 Å². The second-order valence-electron chi connectivity index (χ2n) is 4.56. The molecule has 0 aromatic heterocycles.